The largest absolute Gasteiger partial charge is 0.322 e. The summed E-state index contributed by atoms with van der Waals surface area (Å²) in [5.41, 5.74) is 1.80. The van der Waals surface area contributed by atoms with Crippen LogP contribution in [0.15, 0.2) is 53.6 Å². The SMILES string of the molecule is O=C(Nc1cccc(/C=N\n2c(=S)[nH][nH]c2=S)c1)c1ccccc1Cl. The lowest BCUT2D eigenvalue weighted by Gasteiger charge is -2.07. The fourth-order valence-electron chi connectivity index (χ4n) is 2.07. The number of rotatable bonds is 4. The number of anilines is 1. The van der Waals surface area contributed by atoms with Crippen LogP contribution in [0.2, 0.25) is 5.02 Å². The molecule has 2 aromatic carbocycles. The molecule has 126 valence electrons. The number of carbonyl (C=O) groups excluding carboxylic acids is 1. The van der Waals surface area contributed by atoms with Gasteiger partial charge in [-0.05, 0) is 54.3 Å². The van der Waals surface area contributed by atoms with Gasteiger partial charge in [0, 0.05) is 5.69 Å². The number of carbonyl (C=O) groups is 1. The van der Waals surface area contributed by atoms with Gasteiger partial charge in [0.05, 0.1) is 16.8 Å². The summed E-state index contributed by atoms with van der Waals surface area (Å²) in [6.45, 7) is 0. The number of benzene rings is 2. The van der Waals surface area contributed by atoms with Gasteiger partial charge >= 0.3 is 0 Å². The fourth-order valence-corrected chi connectivity index (χ4v) is 2.73. The first-order valence-electron chi connectivity index (χ1n) is 7.14. The Morgan fingerprint density at radius 1 is 1.12 bits per heavy atom. The molecule has 3 aromatic rings. The van der Waals surface area contributed by atoms with Crippen molar-refractivity contribution < 1.29 is 4.79 Å². The van der Waals surface area contributed by atoms with Gasteiger partial charge in [-0.15, -0.1) is 0 Å². The molecule has 0 unspecified atom stereocenters. The monoisotopic (exact) mass is 389 g/mol. The van der Waals surface area contributed by atoms with Crippen molar-refractivity contribution in [3.05, 3.63) is 74.2 Å². The van der Waals surface area contributed by atoms with Gasteiger partial charge in [0.15, 0.2) is 0 Å². The lowest BCUT2D eigenvalue weighted by atomic mass is 10.2. The van der Waals surface area contributed by atoms with Crippen LogP contribution in [0.3, 0.4) is 0 Å². The summed E-state index contributed by atoms with van der Waals surface area (Å²) in [7, 11) is 0. The third kappa shape index (κ3) is 4.11. The summed E-state index contributed by atoms with van der Waals surface area (Å²) >= 11 is 16.2. The van der Waals surface area contributed by atoms with E-state index in [9.17, 15) is 4.79 Å². The maximum absolute atomic E-state index is 12.3. The smallest absolute Gasteiger partial charge is 0.257 e. The van der Waals surface area contributed by atoms with E-state index < -0.39 is 0 Å². The predicted molar refractivity (Wildman–Crippen MR) is 104 cm³/mol. The number of aromatic nitrogens is 3. The topological polar surface area (TPSA) is 78.0 Å². The van der Waals surface area contributed by atoms with E-state index in [1.807, 2.05) is 6.07 Å². The highest BCUT2D eigenvalue weighted by Gasteiger charge is 2.09. The van der Waals surface area contributed by atoms with Gasteiger partial charge < -0.3 is 5.32 Å². The Kier molecular flexibility index (Phi) is 5.22. The molecule has 25 heavy (non-hydrogen) atoms. The Balaban J connectivity index is 1.80. The Morgan fingerprint density at radius 3 is 2.56 bits per heavy atom. The molecular weight excluding hydrogens is 378 g/mol. The summed E-state index contributed by atoms with van der Waals surface area (Å²) in [6.07, 6.45) is 1.60. The van der Waals surface area contributed by atoms with Crippen molar-refractivity contribution >= 4 is 53.8 Å². The maximum Gasteiger partial charge on any atom is 0.257 e. The molecule has 1 heterocycles. The standard InChI is InChI=1S/C16H12ClN5OS2/c17-13-7-2-1-6-12(13)14(23)19-11-5-3-4-10(8-11)9-18-22-15(24)20-21-16(22)25/h1-9H,(H,19,23)(H,20,24)(H,21,25)/b18-9-. The molecule has 0 fully saturated rings. The Morgan fingerprint density at radius 2 is 1.84 bits per heavy atom. The zero-order chi connectivity index (χ0) is 17.8. The third-order valence-corrected chi connectivity index (χ3v) is 4.13. The first kappa shape index (κ1) is 17.3. The lowest BCUT2D eigenvalue weighted by Crippen LogP contribution is -2.12. The van der Waals surface area contributed by atoms with Crippen molar-refractivity contribution in [2.24, 2.45) is 5.10 Å². The van der Waals surface area contributed by atoms with Gasteiger partial charge in [-0.25, -0.2) is 0 Å². The molecule has 0 radical (unpaired) electrons. The molecule has 3 N–H and O–H groups in total. The predicted octanol–water partition coefficient (Wildman–Crippen LogP) is 4.39. The third-order valence-electron chi connectivity index (χ3n) is 3.25. The second-order valence-corrected chi connectivity index (χ2v) is 6.16. The summed E-state index contributed by atoms with van der Waals surface area (Å²) in [5, 5.41) is 12.8. The summed E-state index contributed by atoms with van der Waals surface area (Å²) in [5.74, 6) is -0.282. The number of halogens is 1. The van der Waals surface area contributed by atoms with Crippen molar-refractivity contribution in [2.45, 2.75) is 0 Å². The van der Waals surface area contributed by atoms with Crippen molar-refractivity contribution in [3.8, 4) is 0 Å². The molecule has 9 heteroatoms. The van der Waals surface area contributed by atoms with E-state index in [0.717, 1.165) is 5.56 Å². The van der Waals surface area contributed by atoms with Crippen LogP contribution in [0.5, 0.6) is 0 Å². The zero-order valence-electron chi connectivity index (χ0n) is 12.7. The first-order chi connectivity index (χ1) is 12.0. The average molecular weight is 390 g/mol. The van der Waals surface area contributed by atoms with E-state index >= 15 is 0 Å². The second-order valence-electron chi connectivity index (χ2n) is 4.98. The van der Waals surface area contributed by atoms with Crippen molar-refractivity contribution in [1.29, 1.82) is 0 Å². The molecule has 0 aliphatic heterocycles. The number of H-pyrrole nitrogens is 2. The number of nitrogens with zero attached hydrogens (tertiary/aromatic N) is 2. The number of aromatic amines is 2. The van der Waals surface area contributed by atoms with Gasteiger partial charge in [0.1, 0.15) is 0 Å². The molecule has 0 saturated carbocycles. The maximum atomic E-state index is 12.3. The van der Waals surface area contributed by atoms with Crippen LogP contribution in [-0.2, 0) is 0 Å². The van der Waals surface area contributed by atoms with Crippen LogP contribution < -0.4 is 5.32 Å². The van der Waals surface area contributed by atoms with Gasteiger partial charge in [0.2, 0.25) is 9.54 Å². The normalized spacial score (nSPS) is 10.9. The lowest BCUT2D eigenvalue weighted by molar-refractivity contribution is 0.102. The number of hydrogen-bond acceptors (Lipinski definition) is 4. The van der Waals surface area contributed by atoms with Crippen molar-refractivity contribution in [1.82, 2.24) is 14.9 Å². The molecule has 0 aliphatic rings. The molecule has 0 aliphatic carbocycles. The minimum absolute atomic E-state index is 0.282. The number of hydrogen-bond donors (Lipinski definition) is 3. The molecule has 6 nitrogen and oxygen atoms in total. The molecule has 3 rings (SSSR count). The van der Waals surface area contributed by atoms with E-state index in [1.54, 1.807) is 48.7 Å². The Labute approximate surface area is 158 Å². The van der Waals surface area contributed by atoms with Crippen LogP contribution in [-0.4, -0.2) is 27.0 Å². The highest BCUT2D eigenvalue weighted by molar-refractivity contribution is 7.72. The van der Waals surface area contributed by atoms with Gasteiger partial charge in [-0.3, -0.25) is 15.0 Å². The first-order valence-corrected chi connectivity index (χ1v) is 8.34. The van der Waals surface area contributed by atoms with Crippen molar-refractivity contribution in [2.75, 3.05) is 5.32 Å². The van der Waals surface area contributed by atoms with E-state index in [2.05, 4.69) is 20.6 Å². The van der Waals surface area contributed by atoms with Crippen molar-refractivity contribution in [3.63, 3.8) is 0 Å². The van der Waals surface area contributed by atoms with E-state index in [1.165, 1.54) is 4.68 Å². The van der Waals surface area contributed by atoms with E-state index in [4.69, 9.17) is 36.0 Å². The minimum Gasteiger partial charge on any atom is -0.322 e. The van der Waals surface area contributed by atoms with Crippen LogP contribution in [0.25, 0.3) is 0 Å². The fraction of sp³-hybridized carbons (Fsp3) is 0. The van der Waals surface area contributed by atoms with E-state index in [-0.39, 0.29) is 5.91 Å². The molecular formula is C16H12ClN5OS2. The second kappa shape index (κ2) is 7.56. The number of amides is 1. The van der Waals surface area contributed by atoms with Gasteiger partial charge in [-0.2, -0.15) is 9.78 Å². The molecule has 0 bridgehead atoms. The molecule has 0 saturated heterocycles. The van der Waals surface area contributed by atoms with Gasteiger partial charge in [-0.1, -0.05) is 35.9 Å². The Bertz CT molecular complexity index is 1040. The van der Waals surface area contributed by atoms with Crippen LogP contribution >= 0.6 is 36.0 Å². The summed E-state index contributed by atoms with van der Waals surface area (Å²) in [4.78, 5) is 12.3. The zero-order valence-corrected chi connectivity index (χ0v) is 15.1. The molecule has 0 spiro atoms. The Hall–Kier alpha value is -2.55. The number of nitrogens with one attached hydrogen (secondary N) is 3. The molecule has 1 aromatic heterocycles. The van der Waals surface area contributed by atoms with E-state index in [0.29, 0.717) is 25.8 Å². The highest BCUT2D eigenvalue weighted by Crippen LogP contribution is 2.17. The van der Waals surface area contributed by atoms with Crippen LogP contribution in [0.4, 0.5) is 5.69 Å². The van der Waals surface area contributed by atoms with Crippen LogP contribution in [0.1, 0.15) is 15.9 Å². The summed E-state index contributed by atoms with van der Waals surface area (Å²) in [6, 6.07) is 14.1. The average Bonchev–Trinajstić information content (AvgIpc) is 2.92. The minimum atomic E-state index is -0.282. The quantitative estimate of drug-likeness (QED) is 0.457. The van der Waals surface area contributed by atoms with Crippen LogP contribution in [0, 0.1) is 9.54 Å². The van der Waals surface area contributed by atoms with Gasteiger partial charge in [0.25, 0.3) is 5.91 Å². The highest BCUT2D eigenvalue weighted by atomic mass is 35.5. The molecule has 1 amide bonds. The summed E-state index contributed by atoms with van der Waals surface area (Å²) < 4.78 is 2.12. The molecule has 0 atom stereocenters.